The molecule has 17 heavy (non-hydrogen) atoms. The predicted octanol–water partition coefficient (Wildman–Crippen LogP) is 2.69. The van der Waals surface area contributed by atoms with Gasteiger partial charge in [0, 0.05) is 17.0 Å². The van der Waals surface area contributed by atoms with Crippen LogP contribution in [0.25, 0.3) is 0 Å². The van der Waals surface area contributed by atoms with Crippen LogP contribution in [0.3, 0.4) is 0 Å². The van der Waals surface area contributed by atoms with E-state index in [9.17, 15) is 9.59 Å². The van der Waals surface area contributed by atoms with Gasteiger partial charge in [-0.1, -0.05) is 40.7 Å². The Bertz CT molecular complexity index is 467. The molecule has 4 nitrogen and oxygen atoms in total. The van der Waals surface area contributed by atoms with Crippen LogP contribution in [0.15, 0.2) is 40.9 Å². The summed E-state index contributed by atoms with van der Waals surface area (Å²) in [5.74, 6) is -1.76. The summed E-state index contributed by atoms with van der Waals surface area (Å²) in [6.45, 7) is 4.65. The van der Waals surface area contributed by atoms with Crippen LogP contribution in [0, 0.1) is 0 Å². The maximum Gasteiger partial charge on any atom is 0.335 e. The Balaban J connectivity index is 3.15. The van der Waals surface area contributed by atoms with Gasteiger partial charge in [-0.2, -0.15) is 0 Å². The van der Waals surface area contributed by atoms with E-state index < -0.39 is 18.0 Å². The van der Waals surface area contributed by atoms with Gasteiger partial charge in [0.15, 0.2) is 6.10 Å². The fourth-order valence-electron chi connectivity index (χ4n) is 1.29. The van der Waals surface area contributed by atoms with Gasteiger partial charge in [-0.3, -0.25) is 4.79 Å². The van der Waals surface area contributed by atoms with Crippen molar-refractivity contribution in [3.05, 3.63) is 46.5 Å². The minimum absolute atomic E-state index is 0.188. The lowest BCUT2D eigenvalue weighted by molar-refractivity contribution is -0.146. The number of ether oxygens (including phenoxy) is 1. The molecule has 0 saturated carbocycles. The average Bonchev–Trinajstić information content (AvgIpc) is 2.25. The number of carbonyl (C=O) groups is 2. The largest absolute Gasteiger partial charge is 0.478 e. The first-order chi connectivity index (χ1) is 7.93. The molecule has 0 heterocycles. The summed E-state index contributed by atoms with van der Waals surface area (Å²) in [7, 11) is 0. The number of hydrogen-bond donors (Lipinski definition) is 1. The topological polar surface area (TPSA) is 63.6 Å². The number of aliphatic carboxylic acids is 1. The molecule has 5 heteroatoms. The number of benzene rings is 1. The highest BCUT2D eigenvalue weighted by Crippen LogP contribution is 2.30. The third-order valence-electron chi connectivity index (χ3n) is 2.06. The van der Waals surface area contributed by atoms with Crippen molar-refractivity contribution in [3.63, 3.8) is 0 Å². The van der Waals surface area contributed by atoms with Crippen LogP contribution in [0.4, 0.5) is 0 Å². The highest BCUT2D eigenvalue weighted by Gasteiger charge is 2.25. The van der Waals surface area contributed by atoms with Gasteiger partial charge in [0.2, 0.25) is 0 Å². The Kier molecular flexibility index (Phi) is 4.45. The second-order valence-corrected chi connectivity index (χ2v) is 4.20. The molecule has 0 saturated heterocycles. The van der Waals surface area contributed by atoms with E-state index in [0.29, 0.717) is 10.0 Å². The first-order valence-corrected chi connectivity index (χ1v) is 5.56. The first kappa shape index (κ1) is 13.4. The molecule has 0 aliphatic heterocycles. The molecule has 1 aromatic carbocycles. The highest BCUT2D eigenvalue weighted by atomic mass is 79.9. The zero-order chi connectivity index (χ0) is 13.0. The molecular weight excluding hydrogens is 288 g/mol. The Morgan fingerprint density at radius 2 is 2.00 bits per heavy atom. The number of esters is 1. The minimum Gasteiger partial charge on any atom is -0.478 e. The van der Waals surface area contributed by atoms with Crippen molar-refractivity contribution >= 4 is 27.9 Å². The Labute approximate surface area is 107 Å². The van der Waals surface area contributed by atoms with Gasteiger partial charge in [-0.05, 0) is 6.07 Å². The Morgan fingerprint density at radius 3 is 2.47 bits per heavy atom. The molecule has 1 aromatic rings. The molecule has 0 amide bonds. The summed E-state index contributed by atoms with van der Waals surface area (Å²) < 4.78 is 5.65. The lowest BCUT2D eigenvalue weighted by Gasteiger charge is -2.18. The van der Waals surface area contributed by atoms with Gasteiger partial charge in [0.05, 0.1) is 5.57 Å². The van der Waals surface area contributed by atoms with Crippen LogP contribution in [0.1, 0.15) is 18.6 Å². The zero-order valence-corrected chi connectivity index (χ0v) is 10.7. The van der Waals surface area contributed by atoms with E-state index >= 15 is 0 Å². The van der Waals surface area contributed by atoms with Crippen LogP contribution in [-0.4, -0.2) is 17.0 Å². The van der Waals surface area contributed by atoms with Crippen molar-refractivity contribution in [3.8, 4) is 0 Å². The lowest BCUT2D eigenvalue weighted by atomic mass is 10.0. The number of rotatable bonds is 4. The van der Waals surface area contributed by atoms with Crippen molar-refractivity contribution in [1.29, 1.82) is 0 Å². The van der Waals surface area contributed by atoms with Crippen molar-refractivity contribution < 1.29 is 19.4 Å². The lowest BCUT2D eigenvalue weighted by Crippen LogP contribution is -2.16. The molecule has 0 aliphatic rings. The monoisotopic (exact) mass is 298 g/mol. The smallest absolute Gasteiger partial charge is 0.335 e. The van der Waals surface area contributed by atoms with Crippen LogP contribution in [-0.2, 0) is 14.3 Å². The van der Waals surface area contributed by atoms with E-state index in [2.05, 4.69) is 22.5 Å². The fraction of sp³-hybridized carbons (Fsp3) is 0.167. The fourth-order valence-corrected chi connectivity index (χ4v) is 1.78. The third-order valence-corrected chi connectivity index (χ3v) is 2.78. The van der Waals surface area contributed by atoms with Gasteiger partial charge in [0.25, 0.3) is 0 Å². The standard InChI is InChI=1S/C12H11BrO4/c1-7(12(15)16)11(17-8(2)14)9-5-3-4-6-10(9)13/h3-6,11H,1H2,2H3,(H,15,16). The van der Waals surface area contributed by atoms with Crippen molar-refractivity contribution in [2.75, 3.05) is 0 Å². The maximum atomic E-state index is 11.0. The molecule has 1 unspecified atom stereocenters. The van der Waals surface area contributed by atoms with Crippen molar-refractivity contribution in [2.45, 2.75) is 13.0 Å². The Hall–Kier alpha value is -1.62. The first-order valence-electron chi connectivity index (χ1n) is 4.77. The molecule has 1 N–H and O–H groups in total. The summed E-state index contributed by atoms with van der Waals surface area (Å²) in [6.07, 6.45) is -0.986. The van der Waals surface area contributed by atoms with Crippen LogP contribution in [0.5, 0.6) is 0 Å². The molecule has 0 bridgehead atoms. The van der Waals surface area contributed by atoms with Crippen LogP contribution in [0.2, 0.25) is 0 Å². The number of halogens is 1. The van der Waals surface area contributed by atoms with E-state index in [1.165, 1.54) is 6.92 Å². The number of hydrogen-bond acceptors (Lipinski definition) is 3. The molecule has 0 radical (unpaired) electrons. The van der Waals surface area contributed by atoms with E-state index in [1.807, 2.05) is 0 Å². The van der Waals surface area contributed by atoms with E-state index in [4.69, 9.17) is 9.84 Å². The SMILES string of the molecule is C=C(C(=O)O)C(OC(C)=O)c1ccccc1Br. The summed E-state index contributed by atoms with van der Waals surface area (Å²) in [4.78, 5) is 21.9. The molecule has 0 fully saturated rings. The summed E-state index contributed by atoms with van der Waals surface area (Å²) in [6, 6.07) is 6.92. The third kappa shape index (κ3) is 3.42. The second kappa shape index (κ2) is 5.63. The van der Waals surface area contributed by atoms with Crippen LogP contribution >= 0.6 is 15.9 Å². The molecule has 1 rings (SSSR count). The van der Waals surface area contributed by atoms with Crippen LogP contribution < -0.4 is 0 Å². The quantitative estimate of drug-likeness (QED) is 0.686. The molecule has 0 spiro atoms. The number of carboxylic acid groups (broad SMARTS) is 1. The molecule has 1 atom stereocenters. The van der Waals surface area contributed by atoms with Gasteiger partial charge in [0.1, 0.15) is 0 Å². The number of carboxylic acids is 1. The van der Waals surface area contributed by atoms with Crippen molar-refractivity contribution in [2.24, 2.45) is 0 Å². The summed E-state index contributed by atoms with van der Waals surface area (Å²) in [5, 5.41) is 8.91. The van der Waals surface area contributed by atoms with E-state index in [1.54, 1.807) is 24.3 Å². The summed E-state index contributed by atoms with van der Waals surface area (Å²) >= 11 is 3.28. The molecule has 0 aliphatic carbocycles. The van der Waals surface area contributed by atoms with Gasteiger partial charge >= 0.3 is 11.9 Å². The highest BCUT2D eigenvalue weighted by molar-refractivity contribution is 9.10. The van der Waals surface area contributed by atoms with Crippen molar-refractivity contribution in [1.82, 2.24) is 0 Å². The minimum atomic E-state index is -1.20. The number of carbonyl (C=O) groups excluding carboxylic acids is 1. The second-order valence-electron chi connectivity index (χ2n) is 3.34. The van der Waals surface area contributed by atoms with Gasteiger partial charge < -0.3 is 9.84 Å². The van der Waals surface area contributed by atoms with Gasteiger partial charge in [-0.25, -0.2) is 4.79 Å². The Morgan fingerprint density at radius 1 is 1.41 bits per heavy atom. The van der Waals surface area contributed by atoms with E-state index in [-0.39, 0.29) is 5.57 Å². The predicted molar refractivity (Wildman–Crippen MR) is 65.4 cm³/mol. The molecule has 90 valence electrons. The maximum absolute atomic E-state index is 11.0. The average molecular weight is 299 g/mol. The molecule has 0 aromatic heterocycles. The zero-order valence-electron chi connectivity index (χ0n) is 9.14. The summed E-state index contributed by atoms with van der Waals surface area (Å²) in [5.41, 5.74) is 0.363. The van der Waals surface area contributed by atoms with E-state index in [0.717, 1.165) is 0 Å². The molecular formula is C12H11BrO4. The normalized spacial score (nSPS) is 11.6. The van der Waals surface area contributed by atoms with Gasteiger partial charge in [-0.15, -0.1) is 0 Å².